The summed E-state index contributed by atoms with van der Waals surface area (Å²) in [7, 11) is 1.64. The molecule has 2 N–H and O–H groups in total. The Balaban J connectivity index is 2.18. The van der Waals surface area contributed by atoms with E-state index in [9.17, 15) is 0 Å². The smallest absolute Gasteiger partial charge is 0.123 e. The summed E-state index contributed by atoms with van der Waals surface area (Å²) in [6, 6.07) is 11.0. The number of halogens is 2. The minimum absolute atomic E-state index is 0.673. The quantitative estimate of drug-likeness (QED) is 0.645. The summed E-state index contributed by atoms with van der Waals surface area (Å²) in [5.74, 6) is 1.54. The van der Waals surface area contributed by atoms with Crippen molar-refractivity contribution in [1.82, 2.24) is 0 Å². The Kier molecular flexibility index (Phi) is 4.86. The van der Waals surface area contributed by atoms with E-state index in [2.05, 4.69) is 0 Å². The van der Waals surface area contributed by atoms with Gasteiger partial charge in [-0.05, 0) is 36.4 Å². The molecule has 5 heteroatoms. The minimum atomic E-state index is 0.673. The van der Waals surface area contributed by atoms with E-state index in [0.29, 0.717) is 21.5 Å². The first-order valence-electron chi connectivity index (χ1n) is 5.60. The maximum Gasteiger partial charge on any atom is 0.123 e. The van der Waals surface area contributed by atoms with Crippen molar-refractivity contribution < 1.29 is 4.74 Å². The first-order chi connectivity index (χ1) is 9.10. The van der Waals surface area contributed by atoms with Gasteiger partial charge in [0.1, 0.15) is 5.75 Å². The zero-order valence-corrected chi connectivity index (χ0v) is 12.6. The lowest BCUT2D eigenvalue weighted by atomic mass is 10.2. The maximum absolute atomic E-state index is 6.13. The van der Waals surface area contributed by atoms with Crippen LogP contribution in [0.4, 0.5) is 5.69 Å². The van der Waals surface area contributed by atoms with Gasteiger partial charge >= 0.3 is 0 Å². The fourth-order valence-corrected chi connectivity index (χ4v) is 3.13. The molecule has 0 unspecified atom stereocenters. The summed E-state index contributed by atoms with van der Waals surface area (Å²) < 4.78 is 5.31. The van der Waals surface area contributed by atoms with Gasteiger partial charge in [-0.15, -0.1) is 11.8 Å². The molecule has 0 aromatic heterocycles. The second kappa shape index (κ2) is 6.42. The normalized spacial score (nSPS) is 10.5. The Morgan fingerprint density at radius 2 is 1.95 bits per heavy atom. The number of methoxy groups -OCH3 is 1. The zero-order valence-electron chi connectivity index (χ0n) is 10.3. The molecule has 0 aliphatic rings. The van der Waals surface area contributed by atoms with Crippen LogP contribution in [0.25, 0.3) is 0 Å². The topological polar surface area (TPSA) is 35.2 Å². The van der Waals surface area contributed by atoms with Crippen LogP contribution in [0, 0.1) is 0 Å². The second-order valence-corrected chi connectivity index (χ2v) is 5.80. The third kappa shape index (κ3) is 3.72. The number of benzene rings is 2. The van der Waals surface area contributed by atoms with Gasteiger partial charge in [0, 0.05) is 26.9 Å². The van der Waals surface area contributed by atoms with Crippen LogP contribution in [0.3, 0.4) is 0 Å². The maximum atomic E-state index is 6.13. The van der Waals surface area contributed by atoms with Crippen LogP contribution in [0.15, 0.2) is 41.3 Å². The third-order valence-electron chi connectivity index (χ3n) is 2.58. The van der Waals surface area contributed by atoms with E-state index in [1.54, 1.807) is 31.0 Å². The first-order valence-corrected chi connectivity index (χ1v) is 7.34. The van der Waals surface area contributed by atoms with Crippen LogP contribution >= 0.6 is 35.0 Å². The summed E-state index contributed by atoms with van der Waals surface area (Å²) in [6.07, 6.45) is 0. The molecule has 0 radical (unpaired) electrons. The number of rotatable bonds is 4. The fraction of sp³-hybridized carbons (Fsp3) is 0.143. The van der Waals surface area contributed by atoms with Crippen molar-refractivity contribution in [3.8, 4) is 5.75 Å². The highest BCUT2D eigenvalue weighted by atomic mass is 35.5. The molecule has 2 rings (SSSR count). The van der Waals surface area contributed by atoms with E-state index in [4.69, 9.17) is 33.7 Å². The minimum Gasteiger partial charge on any atom is -0.496 e. The van der Waals surface area contributed by atoms with Gasteiger partial charge in [0.15, 0.2) is 0 Å². The van der Waals surface area contributed by atoms with E-state index >= 15 is 0 Å². The van der Waals surface area contributed by atoms with Crippen LogP contribution in [-0.2, 0) is 5.75 Å². The number of nitrogen functional groups attached to an aromatic ring is 1. The van der Waals surface area contributed by atoms with Crippen molar-refractivity contribution in [1.29, 1.82) is 0 Å². The van der Waals surface area contributed by atoms with Crippen LogP contribution < -0.4 is 10.5 Å². The van der Waals surface area contributed by atoms with Crippen LogP contribution in [-0.4, -0.2) is 7.11 Å². The molecule has 0 saturated heterocycles. The predicted octanol–water partition coefficient (Wildman–Crippen LogP) is 4.88. The number of hydrogen-bond acceptors (Lipinski definition) is 3. The Hall–Kier alpha value is -1.03. The summed E-state index contributed by atoms with van der Waals surface area (Å²) >= 11 is 13.7. The average Bonchev–Trinajstić information content (AvgIpc) is 2.40. The highest BCUT2D eigenvalue weighted by Crippen LogP contribution is 2.34. The lowest BCUT2D eigenvalue weighted by molar-refractivity contribution is 0.411. The van der Waals surface area contributed by atoms with Crippen LogP contribution in [0.2, 0.25) is 10.0 Å². The van der Waals surface area contributed by atoms with E-state index < -0.39 is 0 Å². The van der Waals surface area contributed by atoms with Crippen LogP contribution in [0.1, 0.15) is 5.56 Å². The number of anilines is 1. The molecule has 2 aromatic carbocycles. The van der Waals surface area contributed by atoms with Crippen LogP contribution in [0.5, 0.6) is 5.75 Å². The molecule has 19 heavy (non-hydrogen) atoms. The lowest BCUT2D eigenvalue weighted by Crippen LogP contribution is -1.93. The van der Waals surface area contributed by atoms with Gasteiger partial charge in [0.2, 0.25) is 0 Å². The second-order valence-electron chi connectivity index (χ2n) is 3.93. The molecule has 0 atom stereocenters. The van der Waals surface area contributed by atoms with Crippen molar-refractivity contribution in [3.05, 3.63) is 52.0 Å². The number of nitrogens with two attached hydrogens (primary N) is 1. The summed E-state index contributed by atoms with van der Waals surface area (Å²) in [6.45, 7) is 0. The van der Waals surface area contributed by atoms with Crippen molar-refractivity contribution in [2.75, 3.05) is 12.8 Å². The number of hydrogen-bond donors (Lipinski definition) is 1. The Morgan fingerprint density at radius 1 is 1.16 bits per heavy atom. The largest absolute Gasteiger partial charge is 0.496 e. The molecule has 100 valence electrons. The third-order valence-corrected chi connectivity index (χ3v) is 4.36. The molecule has 0 spiro atoms. The molecular formula is C14H13Cl2NOS. The zero-order chi connectivity index (χ0) is 13.8. The molecule has 0 aliphatic carbocycles. The van der Waals surface area contributed by atoms with Gasteiger partial charge < -0.3 is 10.5 Å². The molecule has 0 heterocycles. The molecule has 0 fully saturated rings. The van der Waals surface area contributed by atoms with Gasteiger partial charge in [-0.3, -0.25) is 0 Å². The molecule has 0 aliphatic heterocycles. The Labute approximate surface area is 126 Å². The number of thioether (sulfide) groups is 1. The first kappa shape index (κ1) is 14.4. The van der Waals surface area contributed by atoms with Gasteiger partial charge in [-0.2, -0.15) is 0 Å². The van der Waals surface area contributed by atoms with E-state index in [-0.39, 0.29) is 0 Å². The lowest BCUT2D eigenvalue weighted by Gasteiger charge is -2.10. The standard InChI is InChI=1S/C14H13Cl2NOS/c1-18-13-5-3-11(17)6-9(13)8-19-14-7-10(15)2-4-12(14)16/h2-7H,8,17H2,1H3. The van der Waals surface area contributed by atoms with E-state index in [1.807, 2.05) is 24.3 Å². The van der Waals surface area contributed by atoms with Gasteiger partial charge in [0.05, 0.1) is 12.1 Å². The number of ether oxygens (including phenoxy) is 1. The molecule has 2 nitrogen and oxygen atoms in total. The molecular weight excluding hydrogens is 301 g/mol. The fourth-order valence-electron chi connectivity index (χ4n) is 1.65. The summed E-state index contributed by atoms with van der Waals surface area (Å²) in [5.41, 5.74) is 7.54. The summed E-state index contributed by atoms with van der Waals surface area (Å²) in [4.78, 5) is 0.943. The highest BCUT2D eigenvalue weighted by molar-refractivity contribution is 7.98. The van der Waals surface area contributed by atoms with Crippen molar-refractivity contribution in [2.24, 2.45) is 0 Å². The average molecular weight is 314 g/mol. The van der Waals surface area contributed by atoms with Crippen molar-refractivity contribution >= 4 is 40.7 Å². The van der Waals surface area contributed by atoms with Gasteiger partial charge in [-0.1, -0.05) is 23.2 Å². The SMILES string of the molecule is COc1ccc(N)cc1CSc1cc(Cl)ccc1Cl. The monoisotopic (exact) mass is 313 g/mol. The Bertz CT molecular complexity index is 590. The molecule has 2 aromatic rings. The molecule has 0 bridgehead atoms. The Morgan fingerprint density at radius 3 is 2.68 bits per heavy atom. The van der Waals surface area contributed by atoms with Gasteiger partial charge in [0.25, 0.3) is 0 Å². The molecule has 0 saturated carbocycles. The highest BCUT2D eigenvalue weighted by Gasteiger charge is 2.07. The van der Waals surface area contributed by atoms with Crippen molar-refractivity contribution in [2.45, 2.75) is 10.6 Å². The van der Waals surface area contributed by atoms with Gasteiger partial charge in [-0.25, -0.2) is 0 Å². The predicted molar refractivity (Wildman–Crippen MR) is 83.4 cm³/mol. The van der Waals surface area contributed by atoms with E-state index in [0.717, 1.165) is 16.2 Å². The van der Waals surface area contributed by atoms with Crippen molar-refractivity contribution in [3.63, 3.8) is 0 Å². The molecule has 0 amide bonds. The van der Waals surface area contributed by atoms with E-state index in [1.165, 1.54) is 0 Å². The summed E-state index contributed by atoms with van der Waals surface area (Å²) in [5, 5.41) is 1.36.